The molecule has 0 spiro atoms. The number of methoxy groups -OCH3 is 1. The smallest absolute Gasteiger partial charge is 0.306 e. The molecule has 1 aliphatic heterocycles. The maximum absolute atomic E-state index is 14.0. The van der Waals surface area contributed by atoms with Crippen LogP contribution in [0.15, 0.2) is 10.5 Å². The second-order valence-corrected chi connectivity index (χ2v) is 5.82. The van der Waals surface area contributed by atoms with Crippen LogP contribution >= 0.6 is 15.9 Å². The van der Waals surface area contributed by atoms with Gasteiger partial charge in [-0.3, -0.25) is 9.59 Å². The van der Waals surface area contributed by atoms with Gasteiger partial charge in [0.05, 0.1) is 17.5 Å². The van der Waals surface area contributed by atoms with E-state index in [-0.39, 0.29) is 25.4 Å². The number of benzene rings is 1. The van der Waals surface area contributed by atoms with Gasteiger partial charge in [0.25, 0.3) is 0 Å². The number of fused-ring (bicyclic) bond motifs is 1. The maximum Gasteiger partial charge on any atom is 0.306 e. The highest BCUT2D eigenvalue weighted by Crippen LogP contribution is 2.38. The second-order valence-electron chi connectivity index (χ2n) is 5.02. The van der Waals surface area contributed by atoms with E-state index in [1.807, 2.05) is 0 Å². The van der Waals surface area contributed by atoms with Gasteiger partial charge in [-0.1, -0.05) is 6.92 Å². The van der Waals surface area contributed by atoms with Gasteiger partial charge in [0.15, 0.2) is 0 Å². The average molecular weight is 360 g/mol. The van der Waals surface area contributed by atoms with Crippen molar-refractivity contribution in [3.63, 3.8) is 0 Å². The van der Waals surface area contributed by atoms with Crippen LogP contribution in [0, 0.1) is 11.7 Å². The Morgan fingerprint density at radius 2 is 2.10 bits per heavy atom. The van der Waals surface area contributed by atoms with Crippen LogP contribution in [0.4, 0.5) is 4.39 Å². The van der Waals surface area contributed by atoms with E-state index in [4.69, 9.17) is 9.84 Å². The van der Waals surface area contributed by atoms with Gasteiger partial charge in [-0.2, -0.15) is 0 Å². The fourth-order valence-electron chi connectivity index (χ4n) is 2.27. The number of aliphatic carboxylic acids is 1. The third-order valence-electron chi connectivity index (χ3n) is 3.56. The third-order valence-corrected chi connectivity index (χ3v) is 4.43. The lowest BCUT2D eigenvalue weighted by molar-refractivity contribution is -0.145. The zero-order valence-corrected chi connectivity index (χ0v) is 13.2. The summed E-state index contributed by atoms with van der Waals surface area (Å²) in [6.45, 7) is 1.87. The van der Waals surface area contributed by atoms with Crippen LogP contribution in [0.25, 0.3) is 0 Å². The first kappa shape index (κ1) is 15.8. The van der Waals surface area contributed by atoms with Crippen molar-refractivity contribution in [2.75, 3.05) is 7.11 Å². The molecule has 0 unspecified atom stereocenters. The maximum atomic E-state index is 14.0. The molecule has 0 aromatic heterocycles. The van der Waals surface area contributed by atoms with E-state index in [2.05, 4.69) is 15.9 Å². The van der Waals surface area contributed by atoms with Gasteiger partial charge < -0.3 is 14.7 Å². The minimum atomic E-state index is -1.02. The van der Waals surface area contributed by atoms with Crippen molar-refractivity contribution in [3.05, 3.63) is 27.5 Å². The van der Waals surface area contributed by atoms with E-state index in [0.29, 0.717) is 21.3 Å². The zero-order valence-electron chi connectivity index (χ0n) is 11.7. The van der Waals surface area contributed by atoms with Crippen molar-refractivity contribution in [2.45, 2.75) is 26.4 Å². The van der Waals surface area contributed by atoms with Gasteiger partial charge in [-0.25, -0.2) is 4.39 Å². The Morgan fingerprint density at radius 1 is 1.48 bits per heavy atom. The van der Waals surface area contributed by atoms with Crippen LogP contribution in [0.3, 0.4) is 0 Å². The number of carboxylic acid groups (broad SMARTS) is 1. The summed E-state index contributed by atoms with van der Waals surface area (Å²) in [6.07, 6.45) is -0.0975. The van der Waals surface area contributed by atoms with Crippen LogP contribution in [-0.2, 0) is 22.7 Å². The minimum Gasteiger partial charge on any atom is -0.495 e. The predicted molar refractivity (Wildman–Crippen MR) is 76.3 cm³/mol. The fraction of sp³-hybridized carbons (Fsp3) is 0.429. The Balaban J connectivity index is 2.20. The molecule has 21 heavy (non-hydrogen) atoms. The lowest BCUT2D eigenvalue weighted by Crippen LogP contribution is -2.28. The van der Waals surface area contributed by atoms with Crippen LogP contribution in [0.2, 0.25) is 0 Å². The highest BCUT2D eigenvalue weighted by Gasteiger charge is 2.30. The molecule has 0 fully saturated rings. The molecule has 1 aliphatic rings. The molecule has 1 amide bonds. The summed E-state index contributed by atoms with van der Waals surface area (Å²) in [5.41, 5.74) is 1.11. The van der Waals surface area contributed by atoms with E-state index in [1.54, 1.807) is 0 Å². The van der Waals surface area contributed by atoms with Crippen LogP contribution in [-0.4, -0.2) is 29.0 Å². The van der Waals surface area contributed by atoms with Gasteiger partial charge in [-0.15, -0.1) is 0 Å². The Kier molecular flexibility index (Phi) is 4.51. The first-order chi connectivity index (χ1) is 9.85. The summed E-state index contributed by atoms with van der Waals surface area (Å²) in [6, 6.07) is 1.27. The van der Waals surface area contributed by atoms with E-state index in [0.717, 1.165) is 0 Å². The Hall–Kier alpha value is -1.63. The number of hydrogen-bond donors (Lipinski definition) is 1. The van der Waals surface area contributed by atoms with E-state index in [1.165, 1.54) is 25.0 Å². The van der Waals surface area contributed by atoms with Crippen LogP contribution < -0.4 is 4.74 Å². The first-order valence-electron chi connectivity index (χ1n) is 6.39. The first-order valence-corrected chi connectivity index (χ1v) is 7.18. The number of carbonyl (C=O) groups is 2. The van der Waals surface area contributed by atoms with Gasteiger partial charge in [0.2, 0.25) is 5.91 Å². The van der Waals surface area contributed by atoms with Gasteiger partial charge in [0, 0.05) is 31.1 Å². The number of rotatable bonds is 4. The molecule has 114 valence electrons. The van der Waals surface area contributed by atoms with Crippen molar-refractivity contribution in [2.24, 2.45) is 5.92 Å². The molecule has 0 saturated carbocycles. The Labute approximate surface area is 129 Å². The van der Waals surface area contributed by atoms with Gasteiger partial charge in [0.1, 0.15) is 11.6 Å². The average Bonchev–Trinajstić information content (AvgIpc) is 2.88. The van der Waals surface area contributed by atoms with Crippen molar-refractivity contribution in [3.8, 4) is 5.75 Å². The number of halogens is 2. The fourth-order valence-corrected chi connectivity index (χ4v) is 2.91. The minimum absolute atomic E-state index is 0.0975. The Morgan fingerprint density at radius 3 is 2.67 bits per heavy atom. The van der Waals surface area contributed by atoms with Crippen molar-refractivity contribution in [1.29, 1.82) is 0 Å². The molecule has 0 aliphatic carbocycles. The molecule has 1 heterocycles. The van der Waals surface area contributed by atoms with Crippen molar-refractivity contribution < 1.29 is 23.8 Å². The number of amides is 1. The summed E-state index contributed by atoms with van der Waals surface area (Å²) < 4.78 is 19.7. The van der Waals surface area contributed by atoms with Crippen molar-refractivity contribution >= 4 is 27.8 Å². The van der Waals surface area contributed by atoms with E-state index in [9.17, 15) is 14.0 Å². The normalized spacial score (nSPS) is 14.8. The number of nitrogens with zero attached hydrogens (tertiary/aromatic N) is 1. The summed E-state index contributed by atoms with van der Waals surface area (Å²) >= 11 is 3.35. The van der Waals surface area contributed by atoms with E-state index < -0.39 is 17.7 Å². The molecular formula is C14H15BrFNO4. The molecular weight excluding hydrogens is 345 g/mol. The summed E-state index contributed by atoms with van der Waals surface area (Å²) in [5.74, 6) is -2.13. The highest BCUT2D eigenvalue weighted by molar-refractivity contribution is 9.10. The quantitative estimate of drug-likeness (QED) is 0.896. The summed E-state index contributed by atoms with van der Waals surface area (Å²) in [4.78, 5) is 24.4. The van der Waals surface area contributed by atoms with Gasteiger partial charge in [-0.05, 0) is 21.5 Å². The van der Waals surface area contributed by atoms with Gasteiger partial charge >= 0.3 is 5.97 Å². The van der Waals surface area contributed by atoms with E-state index >= 15 is 0 Å². The largest absolute Gasteiger partial charge is 0.495 e. The molecule has 1 aromatic carbocycles. The SMILES string of the molecule is COc1cc(F)c2c(c1Br)CN(C(=O)C[C@H](C)C(=O)O)C2. The molecule has 2 rings (SSSR count). The molecule has 7 heteroatoms. The number of carboxylic acids is 1. The molecule has 0 radical (unpaired) electrons. The topological polar surface area (TPSA) is 66.8 Å². The zero-order chi connectivity index (χ0) is 15.7. The standard InChI is InChI=1S/C14H15BrFNO4/c1-7(14(19)20)3-12(18)17-5-8-9(6-17)13(15)11(21-2)4-10(8)16/h4,7H,3,5-6H2,1-2H3,(H,19,20)/t7-/m0/s1. The predicted octanol–water partition coefficient (Wildman–Crippen LogP) is 2.55. The monoisotopic (exact) mass is 359 g/mol. The molecule has 1 atom stereocenters. The Bertz CT molecular complexity index is 605. The summed E-state index contributed by atoms with van der Waals surface area (Å²) in [5, 5.41) is 8.85. The summed E-state index contributed by atoms with van der Waals surface area (Å²) in [7, 11) is 1.44. The third kappa shape index (κ3) is 3.02. The molecule has 0 saturated heterocycles. The highest BCUT2D eigenvalue weighted by atomic mass is 79.9. The lowest BCUT2D eigenvalue weighted by atomic mass is 10.1. The van der Waals surface area contributed by atoms with Crippen LogP contribution in [0.5, 0.6) is 5.75 Å². The number of ether oxygens (including phenoxy) is 1. The van der Waals surface area contributed by atoms with Crippen LogP contribution in [0.1, 0.15) is 24.5 Å². The second kappa shape index (κ2) is 6.01. The molecule has 1 N–H and O–H groups in total. The van der Waals surface area contributed by atoms with Crippen molar-refractivity contribution in [1.82, 2.24) is 4.90 Å². The molecule has 5 nitrogen and oxygen atoms in total. The number of carbonyl (C=O) groups excluding carboxylic acids is 1. The molecule has 0 bridgehead atoms. The molecule has 1 aromatic rings. The number of hydrogen-bond acceptors (Lipinski definition) is 3. The lowest BCUT2D eigenvalue weighted by Gasteiger charge is -2.16.